The average molecular weight is 240 g/mol. The highest BCUT2D eigenvalue weighted by Gasteiger charge is 2.25. The van der Waals surface area contributed by atoms with E-state index >= 15 is 0 Å². The van der Waals surface area contributed by atoms with Gasteiger partial charge in [0.2, 0.25) is 0 Å². The van der Waals surface area contributed by atoms with Crippen LogP contribution >= 0.6 is 0 Å². The van der Waals surface area contributed by atoms with Crippen molar-refractivity contribution in [1.82, 2.24) is 5.32 Å². The standard InChI is InChI=1S/C13H18F2N2/c1-13(2)9-17(7-3-6-16-13)12-8-10(14)4-5-11(12)15/h4-5,8,16H,3,6-7,9H2,1-2H3. The van der Waals surface area contributed by atoms with Crippen molar-refractivity contribution in [2.45, 2.75) is 25.8 Å². The molecule has 1 saturated heterocycles. The molecule has 17 heavy (non-hydrogen) atoms. The Morgan fingerprint density at radius 3 is 2.82 bits per heavy atom. The van der Waals surface area contributed by atoms with E-state index in [1.165, 1.54) is 12.1 Å². The fourth-order valence-corrected chi connectivity index (χ4v) is 2.24. The monoisotopic (exact) mass is 240 g/mol. The van der Waals surface area contributed by atoms with Gasteiger partial charge in [-0.1, -0.05) is 0 Å². The second-order valence-corrected chi connectivity index (χ2v) is 5.18. The predicted octanol–water partition coefficient (Wildman–Crippen LogP) is 2.54. The lowest BCUT2D eigenvalue weighted by molar-refractivity contribution is 0.415. The zero-order chi connectivity index (χ0) is 12.5. The van der Waals surface area contributed by atoms with Gasteiger partial charge in [0.25, 0.3) is 0 Å². The second-order valence-electron chi connectivity index (χ2n) is 5.18. The Morgan fingerprint density at radius 1 is 1.29 bits per heavy atom. The molecule has 1 fully saturated rings. The van der Waals surface area contributed by atoms with Crippen LogP contribution in [0, 0.1) is 11.6 Å². The first-order chi connectivity index (χ1) is 7.98. The Morgan fingerprint density at radius 2 is 2.06 bits per heavy atom. The molecule has 0 atom stereocenters. The van der Waals surface area contributed by atoms with Gasteiger partial charge in [-0.25, -0.2) is 8.78 Å². The van der Waals surface area contributed by atoms with Crippen LogP contribution < -0.4 is 10.2 Å². The van der Waals surface area contributed by atoms with Gasteiger partial charge in [-0.05, 0) is 38.9 Å². The Bertz CT molecular complexity index is 404. The van der Waals surface area contributed by atoms with Crippen LogP contribution in [0.3, 0.4) is 0 Å². The van der Waals surface area contributed by atoms with Gasteiger partial charge in [0.15, 0.2) is 0 Å². The smallest absolute Gasteiger partial charge is 0.146 e. The molecule has 0 spiro atoms. The number of nitrogens with one attached hydrogen (secondary N) is 1. The number of hydrogen-bond acceptors (Lipinski definition) is 2. The molecule has 1 aliphatic heterocycles. The Hall–Kier alpha value is -1.16. The van der Waals surface area contributed by atoms with Crippen LogP contribution in [0.2, 0.25) is 0 Å². The van der Waals surface area contributed by atoms with E-state index in [0.717, 1.165) is 25.6 Å². The Labute approximate surface area is 101 Å². The van der Waals surface area contributed by atoms with Crippen LogP contribution in [0.25, 0.3) is 0 Å². The lowest BCUT2D eigenvalue weighted by atomic mass is 10.1. The SMILES string of the molecule is CC1(C)CN(c2cc(F)ccc2F)CCCN1. The second kappa shape index (κ2) is 4.61. The molecule has 0 unspecified atom stereocenters. The van der Waals surface area contributed by atoms with E-state index in [9.17, 15) is 8.78 Å². The van der Waals surface area contributed by atoms with E-state index in [1.807, 2.05) is 4.90 Å². The molecule has 1 aromatic carbocycles. The minimum atomic E-state index is -0.392. The molecule has 2 rings (SSSR count). The zero-order valence-electron chi connectivity index (χ0n) is 10.3. The van der Waals surface area contributed by atoms with Gasteiger partial charge >= 0.3 is 0 Å². The first-order valence-electron chi connectivity index (χ1n) is 5.93. The number of nitrogens with zero attached hydrogens (tertiary/aromatic N) is 1. The molecule has 94 valence electrons. The summed E-state index contributed by atoms with van der Waals surface area (Å²) in [4.78, 5) is 1.92. The van der Waals surface area contributed by atoms with Gasteiger partial charge in [-0.2, -0.15) is 0 Å². The highest BCUT2D eigenvalue weighted by atomic mass is 19.1. The van der Waals surface area contributed by atoms with E-state index in [2.05, 4.69) is 19.2 Å². The first kappa shape index (κ1) is 12.3. The van der Waals surface area contributed by atoms with E-state index in [-0.39, 0.29) is 11.4 Å². The van der Waals surface area contributed by atoms with E-state index < -0.39 is 5.82 Å². The quantitative estimate of drug-likeness (QED) is 0.811. The van der Waals surface area contributed by atoms with Gasteiger partial charge in [0.05, 0.1) is 5.69 Å². The lowest BCUT2D eigenvalue weighted by Crippen LogP contribution is -2.46. The summed E-state index contributed by atoms with van der Waals surface area (Å²) < 4.78 is 26.9. The maximum Gasteiger partial charge on any atom is 0.146 e. The van der Waals surface area contributed by atoms with Crippen molar-refractivity contribution in [2.24, 2.45) is 0 Å². The number of halogens is 2. The maximum atomic E-state index is 13.7. The fourth-order valence-electron chi connectivity index (χ4n) is 2.24. The van der Waals surface area contributed by atoms with Gasteiger partial charge in [-0.15, -0.1) is 0 Å². The van der Waals surface area contributed by atoms with Crippen LogP contribution in [0.1, 0.15) is 20.3 Å². The van der Waals surface area contributed by atoms with Crippen molar-refractivity contribution in [3.63, 3.8) is 0 Å². The summed E-state index contributed by atoms with van der Waals surface area (Å²) in [6, 6.07) is 3.62. The van der Waals surface area contributed by atoms with E-state index in [1.54, 1.807) is 0 Å². The van der Waals surface area contributed by atoms with Crippen molar-refractivity contribution in [3.8, 4) is 0 Å². The summed E-state index contributed by atoms with van der Waals surface area (Å²) in [7, 11) is 0. The molecular weight excluding hydrogens is 222 g/mol. The number of hydrogen-bond donors (Lipinski definition) is 1. The molecule has 0 aromatic heterocycles. The van der Waals surface area contributed by atoms with Gasteiger partial charge in [0.1, 0.15) is 11.6 Å². The Balaban J connectivity index is 2.28. The average Bonchev–Trinajstić information content (AvgIpc) is 2.43. The van der Waals surface area contributed by atoms with Crippen molar-refractivity contribution in [3.05, 3.63) is 29.8 Å². The van der Waals surface area contributed by atoms with Crippen LogP contribution in [0.15, 0.2) is 18.2 Å². The third-order valence-electron chi connectivity index (χ3n) is 3.04. The molecule has 1 aromatic rings. The minimum absolute atomic E-state index is 0.0880. The van der Waals surface area contributed by atoms with Gasteiger partial charge in [-0.3, -0.25) is 0 Å². The maximum absolute atomic E-state index is 13.7. The molecular formula is C13H18F2N2. The number of anilines is 1. The molecule has 0 radical (unpaired) electrons. The largest absolute Gasteiger partial charge is 0.367 e. The van der Waals surface area contributed by atoms with E-state index in [4.69, 9.17) is 0 Å². The van der Waals surface area contributed by atoms with Crippen molar-refractivity contribution >= 4 is 5.69 Å². The summed E-state index contributed by atoms with van der Waals surface area (Å²) in [5, 5.41) is 3.40. The molecule has 0 bridgehead atoms. The van der Waals surface area contributed by atoms with Crippen molar-refractivity contribution < 1.29 is 8.78 Å². The highest BCUT2D eigenvalue weighted by Crippen LogP contribution is 2.23. The molecule has 1 heterocycles. The highest BCUT2D eigenvalue weighted by molar-refractivity contribution is 5.48. The van der Waals surface area contributed by atoms with Crippen LogP contribution in [-0.4, -0.2) is 25.2 Å². The van der Waals surface area contributed by atoms with Crippen molar-refractivity contribution in [1.29, 1.82) is 0 Å². The summed E-state index contributed by atoms with van der Waals surface area (Å²) in [6.45, 7) is 6.47. The normalized spacial score (nSPS) is 20.1. The summed E-state index contributed by atoms with van der Waals surface area (Å²) in [5.41, 5.74) is 0.275. The molecule has 1 N–H and O–H groups in total. The number of rotatable bonds is 1. The van der Waals surface area contributed by atoms with E-state index in [0.29, 0.717) is 12.2 Å². The zero-order valence-corrected chi connectivity index (χ0v) is 10.3. The lowest BCUT2D eigenvalue weighted by Gasteiger charge is -2.31. The third kappa shape index (κ3) is 2.94. The number of benzene rings is 1. The van der Waals surface area contributed by atoms with Gasteiger partial charge < -0.3 is 10.2 Å². The van der Waals surface area contributed by atoms with Crippen molar-refractivity contribution in [2.75, 3.05) is 24.5 Å². The molecule has 0 aliphatic carbocycles. The fraction of sp³-hybridized carbons (Fsp3) is 0.538. The summed E-state index contributed by atoms with van der Waals surface area (Å²) >= 11 is 0. The van der Waals surface area contributed by atoms with Crippen LogP contribution in [-0.2, 0) is 0 Å². The summed E-state index contributed by atoms with van der Waals surface area (Å²) in [6.07, 6.45) is 0.930. The molecule has 1 aliphatic rings. The predicted molar refractivity (Wildman–Crippen MR) is 65.3 cm³/mol. The molecule has 0 amide bonds. The summed E-state index contributed by atoms with van der Waals surface area (Å²) in [5.74, 6) is -0.750. The molecule has 2 nitrogen and oxygen atoms in total. The van der Waals surface area contributed by atoms with Gasteiger partial charge in [0, 0.05) is 24.7 Å². The van der Waals surface area contributed by atoms with Crippen LogP contribution in [0.4, 0.5) is 14.5 Å². The Kier molecular flexibility index (Phi) is 3.33. The molecule has 0 saturated carbocycles. The topological polar surface area (TPSA) is 15.3 Å². The third-order valence-corrected chi connectivity index (χ3v) is 3.04. The minimum Gasteiger partial charge on any atom is -0.367 e. The van der Waals surface area contributed by atoms with Crippen LogP contribution in [0.5, 0.6) is 0 Å². The first-order valence-corrected chi connectivity index (χ1v) is 5.93. The molecule has 4 heteroatoms.